The standard InChI is InChI=1S/C19H28N4O6S/c1-2-3-9-29-19-6-4-17(5-7-19)21-22-18-15-20-23(16-18)8-10-27-11-12-28-13-14-30(24,25)26/h4-7,15-16H,2-3,8-14H2,1H3,(H,24,25,26). The van der Waals surface area contributed by atoms with Gasteiger partial charge in [-0.05, 0) is 30.7 Å². The molecule has 0 aliphatic heterocycles. The molecule has 1 aromatic heterocycles. The molecule has 0 spiro atoms. The molecule has 2 rings (SSSR count). The van der Waals surface area contributed by atoms with Gasteiger partial charge in [0.25, 0.3) is 10.1 Å². The molecule has 1 aromatic carbocycles. The van der Waals surface area contributed by atoms with E-state index in [4.69, 9.17) is 18.8 Å². The number of benzene rings is 1. The van der Waals surface area contributed by atoms with E-state index in [2.05, 4.69) is 22.3 Å². The van der Waals surface area contributed by atoms with E-state index in [1.54, 1.807) is 17.1 Å². The zero-order chi connectivity index (χ0) is 21.7. The van der Waals surface area contributed by atoms with Crippen LogP contribution in [0.3, 0.4) is 0 Å². The Morgan fingerprint density at radius 1 is 1.00 bits per heavy atom. The zero-order valence-corrected chi connectivity index (χ0v) is 17.8. The highest BCUT2D eigenvalue weighted by molar-refractivity contribution is 7.85. The van der Waals surface area contributed by atoms with Gasteiger partial charge in [0.1, 0.15) is 11.4 Å². The summed E-state index contributed by atoms with van der Waals surface area (Å²) in [6.45, 7) is 4.28. The van der Waals surface area contributed by atoms with Crippen LogP contribution in [0.25, 0.3) is 0 Å². The topological polar surface area (TPSA) is 125 Å². The number of rotatable bonds is 15. The fourth-order valence-corrected chi connectivity index (χ4v) is 2.56. The van der Waals surface area contributed by atoms with Gasteiger partial charge in [-0.1, -0.05) is 13.3 Å². The maximum Gasteiger partial charge on any atom is 0.267 e. The third-order valence-electron chi connectivity index (χ3n) is 3.83. The lowest BCUT2D eigenvalue weighted by molar-refractivity contribution is 0.0491. The second-order valence-corrected chi connectivity index (χ2v) is 7.94. The molecule has 30 heavy (non-hydrogen) atoms. The van der Waals surface area contributed by atoms with Crippen LogP contribution in [0.15, 0.2) is 46.9 Å². The first-order chi connectivity index (χ1) is 14.5. The van der Waals surface area contributed by atoms with Crippen molar-refractivity contribution in [1.82, 2.24) is 9.78 Å². The molecule has 1 heterocycles. The zero-order valence-electron chi connectivity index (χ0n) is 17.0. The summed E-state index contributed by atoms with van der Waals surface area (Å²) in [7, 11) is -3.98. The number of hydrogen-bond acceptors (Lipinski definition) is 8. The molecule has 10 nitrogen and oxygen atoms in total. The molecule has 0 aliphatic carbocycles. The second kappa shape index (κ2) is 13.1. The van der Waals surface area contributed by atoms with Crippen LogP contribution in [0, 0.1) is 0 Å². The molecule has 0 saturated carbocycles. The maximum atomic E-state index is 10.5. The molecule has 0 aliphatic rings. The first kappa shape index (κ1) is 23.9. The van der Waals surface area contributed by atoms with Gasteiger partial charge in [-0.15, -0.1) is 5.11 Å². The van der Waals surface area contributed by atoms with Gasteiger partial charge in [0.15, 0.2) is 0 Å². The maximum absolute atomic E-state index is 10.5. The van der Waals surface area contributed by atoms with E-state index >= 15 is 0 Å². The Balaban J connectivity index is 1.63. The van der Waals surface area contributed by atoms with Gasteiger partial charge in [0.05, 0.1) is 63.4 Å². The summed E-state index contributed by atoms with van der Waals surface area (Å²) in [5.41, 5.74) is 1.36. The molecule has 0 saturated heterocycles. The summed E-state index contributed by atoms with van der Waals surface area (Å²) in [6.07, 6.45) is 5.50. The van der Waals surface area contributed by atoms with E-state index in [1.807, 2.05) is 24.3 Å². The molecule has 11 heteroatoms. The highest BCUT2D eigenvalue weighted by Crippen LogP contribution is 2.21. The Hall–Kier alpha value is -2.34. The fraction of sp³-hybridized carbons (Fsp3) is 0.526. The molecule has 0 radical (unpaired) electrons. The fourth-order valence-electron chi connectivity index (χ4n) is 2.23. The highest BCUT2D eigenvalue weighted by Gasteiger charge is 2.03. The second-order valence-electron chi connectivity index (χ2n) is 6.37. The van der Waals surface area contributed by atoms with Crippen LogP contribution in [-0.4, -0.2) is 61.5 Å². The van der Waals surface area contributed by atoms with Crippen LogP contribution in [0.5, 0.6) is 5.75 Å². The summed E-state index contributed by atoms with van der Waals surface area (Å²) < 4.78 is 47.4. The third kappa shape index (κ3) is 10.4. The van der Waals surface area contributed by atoms with Crippen LogP contribution >= 0.6 is 0 Å². The van der Waals surface area contributed by atoms with E-state index in [0.29, 0.717) is 32.1 Å². The monoisotopic (exact) mass is 440 g/mol. The number of azo groups is 1. The lowest BCUT2D eigenvalue weighted by atomic mass is 10.3. The predicted octanol–water partition coefficient (Wildman–Crippen LogP) is 3.40. The molecular formula is C19H28N4O6S. The molecule has 0 unspecified atom stereocenters. The number of aromatic nitrogens is 2. The van der Waals surface area contributed by atoms with E-state index in [0.717, 1.165) is 24.3 Å². The molecule has 0 bridgehead atoms. The van der Waals surface area contributed by atoms with Gasteiger partial charge in [-0.2, -0.15) is 18.6 Å². The van der Waals surface area contributed by atoms with Crippen LogP contribution in [-0.2, 0) is 26.1 Å². The van der Waals surface area contributed by atoms with Gasteiger partial charge in [0.2, 0.25) is 0 Å². The Kier molecular flexibility index (Phi) is 10.4. The van der Waals surface area contributed by atoms with Crippen molar-refractivity contribution < 1.29 is 27.2 Å². The van der Waals surface area contributed by atoms with Crippen molar-refractivity contribution in [3.8, 4) is 5.75 Å². The molecule has 0 fully saturated rings. The van der Waals surface area contributed by atoms with Crippen molar-refractivity contribution in [3.63, 3.8) is 0 Å². The molecular weight excluding hydrogens is 412 g/mol. The van der Waals surface area contributed by atoms with E-state index in [-0.39, 0.29) is 13.2 Å². The summed E-state index contributed by atoms with van der Waals surface area (Å²) in [5, 5.41) is 12.6. The first-order valence-electron chi connectivity index (χ1n) is 9.74. The van der Waals surface area contributed by atoms with Crippen molar-refractivity contribution in [2.75, 3.05) is 38.8 Å². The van der Waals surface area contributed by atoms with Gasteiger partial charge >= 0.3 is 0 Å². The smallest absolute Gasteiger partial charge is 0.267 e. The molecule has 0 amide bonds. The SMILES string of the molecule is CCCCOc1ccc(N=Nc2cnn(CCOCCOCCS(=O)(=O)O)c2)cc1. The lowest BCUT2D eigenvalue weighted by Crippen LogP contribution is -2.14. The minimum absolute atomic E-state index is 0.0652. The number of hydrogen-bond donors (Lipinski definition) is 1. The number of unbranched alkanes of at least 4 members (excludes halogenated alkanes) is 1. The summed E-state index contributed by atoms with van der Waals surface area (Å²) in [5.74, 6) is 0.396. The lowest BCUT2D eigenvalue weighted by Gasteiger charge is -2.05. The minimum Gasteiger partial charge on any atom is -0.494 e. The Morgan fingerprint density at radius 2 is 1.70 bits per heavy atom. The van der Waals surface area contributed by atoms with Crippen molar-refractivity contribution in [2.24, 2.45) is 10.2 Å². The number of nitrogens with zero attached hydrogens (tertiary/aromatic N) is 4. The Bertz CT molecular complexity index is 867. The van der Waals surface area contributed by atoms with Crippen LogP contribution in [0.4, 0.5) is 11.4 Å². The Labute approximate surface area is 176 Å². The Morgan fingerprint density at radius 3 is 2.40 bits per heavy atom. The van der Waals surface area contributed by atoms with E-state index in [1.165, 1.54) is 0 Å². The van der Waals surface area contributed by atoms with Crippen LogP contribution < -0.4 is 4.74 Å². The van der Waals surface area contributed by atoms with Gasteiger partial charge in [-0.25, -0.2) is 0 Å². The van der Waals surface area contributed by atoms with Gasteiger partial charge in [0, 0.05) is 0 Å². The van der Waals surface area contributed by atoms with Crippen molar-refractivity contribution in [3.05, 3.63) is 36.7 Å². The minimum atomic E-state index is -3.98. The number of ether oxygens (including phenoxy) is 3. The summed E-state index contributed by atoms with van der Waals surface area (Å²) in [4.78, 5) is 0. The van der Waals surface area contributed by atoms with Crippen molar-refractivity contribution in [2.45, 2.75) is 26.3 Å². The largest absolute Gasteiger partial charge is 0.494 e. The van der Waals surface area contributed by atoms with Crippen molar-refractivity contribution >= 4 is 21.5 Å². The quantitative estimate of drug-likeness (QED) is 0.256. The average Bonchev–Trinajstić information content (AvgIpc) is 3.16. The van der Waals surface area contributed by atoms with E-state index in [9.17, 15) is 8.42 Å². The van der Waals surface area contributed by atoms with Crippen LogP contribution in [0.1, 0.15) is 19.8 Å². The normalized spacial score (nSPS) is 11.9. The predicted molar refractivity (Wildman–Crippen MR) is 111 cm³/mol. The average molecular weight is 441 g/mol. The molecule has 2 aromatic rings. The van der Waals surface area contributed by atoms with Crippen LogP contribution in [0.2, 0.25) is 0 Å². The summed E-state index contributed by atoms with van der Waals surface area (Å²) >= 11 is 0. The molecule has 1 N–H and O–H groups in total. The highest BCUT2D eigenvalue weighted by atomic mass is 32.2. The van der Waals surface area contributed by atoms with Gasteiger partial charge < -0.3 is 14.2 Å². The van der Waals surface area contributed by atoms with Gasteiger partial charge in [-0.3, -0.25) is 9.23 Å². The van der Waals surface area contributed by atoms with Crippen molar-refractivity contribution in [1.29, 1.82) is 0 Å². The van der Waals surface area contributed by atoms with E-state index < -0.39 is 15.9 Å². The summed E-state index contributed by atoms with van der Waals surface area (Å²) in [6, 6.07) is 7.44. The molecule has 166 valence electrons. The first-order valence-corrected chi connectivity index (χ1v) is 11.3. The third-order valence-corrected chi connectivity index (χ3v) is 4.51. The molecule has 0 atom stereocenters.